The Morgan fingerprint density at radius 3 is 2.35 bits per heavy atom. The molecule has 37 heavy (non-hydrogen) atoms. The third kappa shape index (κ3) is 6.89. The van der Waals surface area contributed by atoms with E-state index in [1.807, 2.05) is 62.4 Å². The topological polar surface area (TPSA) is 64.4 Å². The van der Waals surface area contributed by atoms with Gasteiger partial charge in [-0.2, -0.15) is 0 Å². The van der Waals surface area contributed by atoms with Gasteiger partial charge in [0, 0.05) is 29.7 Å². The van der Waals surface area contributed by atoms with E-state index < -0.39 is 5.97 Å². The maximum absolute atomic E-state index is 10.7. The molecule has 190 valence electrons. The predicted molar refractivity (Wildman–Crippen MR) is 151 cm³/mol. The smallest absolute Gasteiger partial charge is 0.303 e. The van der Waals surface area contributed by atoms with E-state index in [0.717, 1.165) is 56.7 Å². The Labute approximate surface area is 223 Å². The minimum atomic E-state index is -0.808. The van der Waals surface area contributed by atoms with Crippen LogP contribution in [0.1, 0.15) is 43.6 Å². The highest BCUT2D eigenvalue weighted by molar-refractivity contribution is 6.30. The summed E-state index contributed by atoms with van der Waals surface area (Å²) in [6.45, 7) is 6.87. The third-order valence-corrected chi connectivity index (χ3v) is 6.47. The number of benzene rings is 3. The number of ether oxygens (including phenoxy) is 1. The van der Waals surface area contributed by atoms with Crippen LogP contribution < -0.4 is 4.74 Å². The number of hydrogen-bond acceptors (Lipinski definition) is 3. The van der Waals surface area contributed by atoms with Crippen molar-refractivity contribution in [1.82, 2.24) is 9.55 Å². The second kappa shape index (κ2) is 11.9. The van der Waals surface area contributed by atoms with Crippen molar-refractivity contribution in [2.45, 2.75) is 46.3 Å². The van der Waals surface area contributed by atoms with Crippen LogP contribution in [-0.2, 0) is 11.3 Å². The number of aromatic nitrogens is 2. The molecule has 0 aliphatic rings. The number of imidazole rings is 1. The number of nitrogens with zero attached hydrogens (tertiary/aromatic N) is 2. The Balaban J connectivity index is 1.43. The SMILES string of the molecule is CCn1cc(-c2ccc(Cl)cc2C)nc1/C=C/c1ccc(-c2ccc(OC(C)CCC(=O)O)cc2)cc1. The van der Waals surface area contributed by atoms with Crippen LogP contribution in [-0.4, -0.2) is 26.7 Å². The van der Waals surface area contributed by atoms with Gasteiger partial charge in [-0.3, -0.25) is 4.79 Å². The fourth-order valence-corrected chi connectivity index (χ4v) is 4.39. The molecule has 0 aliphatic carbocycles. The van der Waals surface area contributed by atoms with E-state index in [4.69, 9.17) is 26.4 Å². The van der Waals surface area contributed by atoms with Crippen molar-refractivity contribution >= 4 is 29.7 Å². The van der Waals surface area contributed by atoms with E-state index in [9.17, 15) is 4.79 Å². The van der Waals surface area contributed by atoms with Gasteiger partial charge in [-0.25, -0.2) is 4.98 Å². The molecule has 1 aromatic heterocycles. The zero-order valence-electron chi connectivity index (χ0n) is 21.3. The second-order valence-electron chi connectivity index (χ2n) is 9.07. The Kier molecular flexibility index (Phi) is 8.47. The normalized spacial score (nSPS) is 12.1. The molecule has 1 N–H and O–H groups in total. The summed E-state index contributed by atoms with van der Waals surface area (Å²) in [5, 5.41) is 9.55. The number of halogens is 1. The van der Waals surface area contributed by atoms with Gasteiger partial charge in [0.1, 0.15) is 11.6 Å². The summed E-state index contributed by atoms with van der Waals surface area (Å²) in [4.78, 5) is 15.6. The summed E-state index contributed by atoms with van der Waals surface area (Å²) in [7, 11) is 0. The van der Waals surface area contributed by atoms with Crippen LogP contribution in [0.3, 0.4) is 0 Å². The molecule has 0 spiro atoms. The van der Waals surface area contributed by atoms with Crippen LogP contribution in [0.4, 0.5) is 0 Å². The van der Waals surface area contributed by atoms with E-state index in [0.29, 0.717) is 6.42 Å². The molecule has 1 unspecified atom stereocenters. The van der Waals surface area contributed by atoms with Gasteiger partial charge in [-0.05, 0) is 79.8 Å². The first-order valence-electron chi connectivity index (χ1n) is 12.4. The van der Waals surface area contributed by atoms with E-state index in [1.165, 1.54) is 0 Å². The lowest BCUT2D eigenvalue weighted by molar-refractivity contribution is -0.137. The van der Waals surface area contributed by atoms with Crippen molar-refractivity contribution in [3.63, 3.8) is 0 Å². The highest BCUT2D eigenvalue weighted by atomic mass is 35.5. The van der Waals surface area contributed by atoms with Crippen molar-refractivity contribution < 1.29 is 14.6 Å². The molecule has 0 bridgehead atoms. The Morgan fingerprint density at radius 2 is 1.73 bits per heavy atom. The number of carboxylic acid groups (broad SMARTS) is 1. The second-order valence-corrected chi connectivity index (χ2v) is 9.51. The largest absolute Gasteiger partial charge is 0.491 e. The molecule has 1 heterocycles. The fourth-order valence-electron chi connectivity index (χ4n) is 4.16. The van der Waals surface area contributed by atoms with Gasteiger partial charge in [0.2, 0.25) is 0 Å². The molecule has 4 aromatic rings. The lowest BCUT2D eigenvalue weighted by Crippen LogP contribution is -2.13. The molecule has 0 saturated carbocycles. The zero-order chi connectivity index (χ0) is 26.4. The van der Waals surface area contributed by atoms with Crippen LogP contribution in [0.2, 0.25) is 5.02 Å². The monoisotopic (exact) mass is 514 g/mol. The minimum Gasteiger partial charge on any atom is -0.491 e. The Bertz CT molecular complexity index is 1390. The summed E-state index contributed by atoms with van der Waals surface area (Å²) in [5.41, 5.74) is 6.41. The standard InChI is InChI=1S/C31H31ClN2O3/c1-4-34-20-29(28-16-13-26(32)19-21(28)2)33-30(34)17-8-23-6-9-24(10-7-23)25-11-14-27(15-12-25)37-22(3)5-18-31(35)36/h6-17,19-20,22H,4-5,18H2,1-3H3,(H,35,36)/b17-8+. The van der Waals surface area contributed by atoms with Gasteiger partial charge in [0.25, 0.3) is 0 Å². The zero-order valence-corrected chi connectivity index (χ0v) is 22.1. The van der Waals surface area contributed by atoms with Crippen molar-refractivity contribution in [3.05, 3.63) is 94.9 Å². The minimum absolute atomic E-state index is 0.101. The number of rotatable bonds is 10. The van der Waals surface area contributed by atoms with Gasteiger partial charge in [-0.15, -0.1) is 0 Å². The van der Waals surface area contributed by atoms with Gasteiger partial charge < -0.3 is 14.4 Å². The average molecular weight is 515 g/mol. The van der Waals surface area contributed by atoms with Crippen molar-refractivity contribution in [2.75, 3.05) is 0 Å². The van der Waals surface area contributed by atoms with Crippen molar-refractivity contribution in [1.29, 1.82) is 0 Å². The summed E-state index contributed by atoms with van der Waals surface area (Å²) in [6.07, 6.45) is 6.63. The summed E-state index contributed by atoms with van der Waals surface area (Å²) in [5.74, 6) is 0.835. The van der Waals surface area contributed by atoms with Gasteiger partial charge in [0.15, 0.2) is 0 Å². The molecule has 3 aromatic carbocycles. The first-order chi connectivity index (χ1) is 17.8. The molecular weight excluding hydrogens is 484 g/mol. The van der Waals surface area contributed by atoms with Crippen molar-refractivity contribution in [3.8, 4) is 28.1 Å². The van der Waals surface area contributed by atoms with E-state index >= 15 is 0 Å². The summed E-state index contributed by atoms with van der Waals surface area (Å²) in [6, 6.07) is 22.1. The average Bonchev–Trinajstić information content (AvgIpc) is 3.30. The molecule has 0 aliphatic heterocycles. The van der Waals surface area contributed by atoms with Crippen LogP contribution in [0.15, 0.2) is 72.9 Å². The van der Waals surface area contributed by atoms with Gasteiger partial charge in [0.05, 0.1) is 11.8 Å². The van der Waals surface area contributed by atoms with Gasteiger partial charge >= 0.3 is 5.97 Å². The first-order valence-corrected chi connectivity index (χ1v) is 12.8. The summed E-state index contributed by atoms with van der Waals surface area (Å²) >= 11 is 6.12. The molecule has 1 atom stereocenters. The third-order valence-electron chi connectivity index (χ3n) is 6.24. The molecule has 5 nitrogen and oxygen atoms in total. The number of hydrogen-bond donors (Lipinski definition) is 1. The maximum Gasteiger partial charge on any atom is 0.303 e. The van der Waals surface area contributed by atoms with Gasteiger partial charge in [-0.1, -0.05) is 60.1 Å². The van der Waals surface area contributed by atoms with Crippen LogP contribution in [0.25, 0.3) is 34.5 Å². The van der Waals surface area contributed by atoms with Crippen LogP contribution >= 0.6 is 11.6 Å². The maximum atomic E-state index is 10.7. The van der Waals surface area contributed by atoms with Crippen LogP contribution in [0.5, 0.6) is 5.75 Å². The lowest BCUT2D eigenvalue weighted by Gasteiger charge is -2.14. The molecule has 0 fully saturated rings. The predicted octanol–water partition coefficient (Wildman–Crippen LogP) is 8.00. The summed E-state index contributed by atoms with van der Waals surface area (Å²) < 4.78 is 7.96. The highest BCUT2D eigenvalue weighted by Crippen LogP contribution is 2.27. The lowest BCUT2D eigenvalue weighted by atomic mass is 10.0. The van der Waals surface area contributed by atoms with E-state index in [1.54, 1.807) is 0 Å². The van der Waals surface area contributed by atoms with Crippen molar-refractivity contribution in [2.24, 2.45) is 0 Å². The van der Waals surface area contributed by atoms with E-state index in [2.05, 4.69) is 48.0 Å². The molecule has 0 radical (unpaired) electrons. The Hall–Kier alpha value is -3.83. The fraction of sp³-hybridized carbons (Fsp3) is 0.226. The number of carboxylic acids is 1. The molecule has 0 saturated heterocycles. The number of aryl methyl sites for hydroxylation is 2. The quantitative estimate of drug-likeness (QED) is 0.233. The molecule has 0 amide bonds. The molecule has 6 heteroatoms. The highest BCUT2D eigenvalue weighted by Gasteiger charge is 2.10. The molecular formula is C31H31ClN2O3. The first kappa shape index (κ1) is 26.2. The Morgan fingerprint density at radius 1 is 1.05 bits per heavy atom. The van der Waals surface area contributed by atoms with E-state index in [-0.39, 0.29) is 12.5 Å². The number of carbonyl (C=O) groups is 1. The van der Waals surface area contributed by atoms with Crippen LogP contribution in [0, 0.1) is 6.92 Å². The number of aliphatic carboxylic acids is 1. The molecule has 4 rings (SSSR count).